The molecule has 0 bridgehead atoms. The molecule has 3 fully saturated rings. The zero-order valence-corrected chi connectivity index (χ0v) is 47.4. The third-order valence-corrected chi connectivity index (χ3v) is 17.1. The van der Waals surface area contributed by atoms with Crippen LogP contribution in [0.5, 0.6) is 11.5 Å². The Balaban J connectivity index is 1.16. The van der Waals surface area contributed by atoms with Crippen molar-refractivity contribution in [2.75, 3.05) is 37.7 Å². The molecule has 22 nitrogen and oxygen atoms in total. The van der Waals surface area contributed by atoms with Gasteiger partial charge in [0.2, 0.25) is 35.4 Å². The number of sulfone groups is 1. The van der Waals surface area contributed by atoms with Crippen LogP contribution in [0.15, 0.2) is 97.1 Å². The van der Waals surface area contributed by atoms with Crippen molar-refractivity contribution in [3.05, 3.63) is 108 Å². The quantitative estimate of drug-likeness (QED) is 0.0794. The van der Waals surface area contributed by atoms with Crippen molar-refractivity contribution >= 4 is 51.2 Å². The summed E-state index contributed by atoms with van der Waals surface area (Å²) in [7, 11) is -4.42. The minimum Gasteiger partial charge on any atom is -0.508 e. The van der Waals surface area contributed by atoms with E-state index in [1.165, 1.54) is 43.3 Å². The zero-order valence-electron chi connectivity index (χ0n) is 46.6. The lowest BCUT2D eigenvalue weighted by molar-refractivity contribution is -0.146. The summed E-state index contributed by atoms with van der Waals surface area (Å²) in [5.41, 5.74) is 3.91. The number of aromatic hydroxyl groups is 1. The third kappa shape index (κ3) is 15.6. The lowest BCUT2D eigenvalue weighted by Gasteiger charge is -2.34. The second-order valence-corrected chi connectivity index (χ2v) is 23.9. The highest BCUT2D eigenvalue weighted by Gasteiger charge is 2.48. The number of phenols is 1. The Morgan fingerprint density at radius 2 is 1.23 bits per heavy atom. The van der Waals surface area contributed by atoms with Crippen molar-refractivity contribution in [3.8, 4) is 33.8 Å². The summed E-state index contributed by atoms with van der Waals surface area (Å²) in [6, 6.07) is 17.0. The average molecular weight is 1150 g/mol. The Hall–Kier alpha value is -7.44. The molecule has 82 heavy (non-hydrogen) atoms. The van der Waals surface area contributed by atoms with Crippen LogP contribution in [-0.4, -0.2) is 184 Å². The number of aliphatic hydroxyl groups excluding tert-OH is 4. The Labute approximate surface area is 476 Å². The molecule has 23 heteroatoms. The molecule has 0 radical (unpaired) electrons. The molecule has 4 aromatic rings. The molecule has 3 aliphatic heterocycles. The van der Waals surface area contributed by atoms with Gasteiger partial charge < -0.3 is 66.7 Å². The van der Waals surface area contributed by atoms with E-state index in [0.717, 1.165) is 64.0 Å². The number of unbranched alkanes of at least 4 members (excludes halogenated alkanes) is 2. The molecule has 0 spiro atoms. The molecule has 0 saturated carbocycles. The van der Waals surface area contributed by atoms with Crippen molar-refractivity contribution in [2.24, 2.45) is 11.8 Å². The largest absolute Gasteiger partial charge is 0.508 e. The Morgan fingerprint density at radius 1 is 0.695 bits per heavy atom. The summed E-state index contributed by atoms with van der Waals surface area (Å²) in [4.78, 5) is 102. The number of amides is 7. The van der Waals surface area contributed by atoms with E-state index in [1.54, 1.807) is 26.0 Å². The number of ether oxygens (including phenoxy) is 1. The fraction of sp³-hybridized carbons (Fsp3) is 0.475. The molecule has 12 atom stereocenters. The van der Waals surface area contributed by atoms with Crippen molar-refractivity contribution in [1.82, 2.24) is 36.4 Å². The molecule has 7 amide bonds. The number of hydrogen-bond donors (Lipinski definition) is 10. The van der Waals surface area contributed by atoms with Gasteiger partial charge in [0.1, 0.15) is 47.8 Å². The number of nitrogens with one attached hydrogen (secondary N) is 5. The lowest BCUT2D eigenvalue weighted by Crippen LogP contribution is -2.64. The van der Waals surface area contributed by atoms with Gasteiger partial charge in [-0.2, -0.15) is 0 Å². The molecule has 0 aromatic heterocycles. The van der Waals surface area contributed by atoms with Gasteiger partial charge in [-0.25, -0.2) is 8.42 Å². The second-order valence-electron chi connectivity index (χ2n) is 21.7. The number of fused-ring (bicyclic) bond motifs is 2. The molecule has 3 heterocycles. The maximum Gasteiger partial charge on any atom is 0.251 e. The van der Waals surface area contributed by atoms with Crippen LogP contribution >= 0.6 is 0 Å². The lowest BCUT2D eigenvalue weighted by atomic mass is 9.93. The van der Waals surface area contributed by atoms with E-state index in [4.69, 9.17) is 4.74 Å². The minimum atomic E-state index is -4.42. The third-order valence-electron chi connectivity index (χ3n) is 15.4. The highest BCUT2D eigenvalue weighted by atomic mass is 32.2. The normalized spacial score (nSPS) is 26.1. The van der Waals surface area contributed by atoms with Crippen LogP contribution in [0.4, 0.5) is 0 Å². The van der Waals surface area contributed by atoms with E-state index >= 15 is 0 Å². The molecule has 1 unspecified atom stereocenters. The molecule has 0 aliphatic carbocycles. The van der Waals surface area contributed by atoms with Gasteiger partial charge in [0.05, 0.1) is 42.5 Å². The van der Waals surface area contributed by atoms with Crippen LogP contribution in [0.2, 0.25) is 0 Å². The maximum absolute atomic E-state index is 14.5. The number of aliphatic hydroxyl groups is 4. The van der Waals surface area contributed by atoms with Crippen LogP contribution in [0.3, 0.4) is 0 Å². The van der Waals surface area contributed by atoms with E-state index in [1.807, 2.05) is 48.5 Å². The summed E-state index contributed by atoms with van der Waals surface area (Å²) in [5, 5.41) is 66.8. The summed E-state index contributed by atoms with van der Waals surface area (Å²) in [6.07, 6.45) is -4.07. The first kappa shape index (κ1) is 62.2. The van der Waals surface area contributed by atoms with E-state index < -0.39 is 149 Å². The predicted octanol–water partition coefficient (Wildman–Crippen LogP) is 1.20. The van der Waals surface area contributed by atoms with E-state index in [0.29, 0.717) is 12.2 Å². The van der Waals surface area contributed by atoms with Crippen LogP contribution in [0.1, 0.15) is 76.2 Å². The first-order chi connectivity index (χ1) is 38.9. The van der Waals surface area contributed by atoms with Gasteiger partial charge in [0.15, 0.2) is 9.84 Å². The van der Waals surface area contributed by atoms with Crippen molar-refractivity contribution in [3.63, 3.8) is 0 Å². The summed E-state index contributed by atoms with van der Waals surface area (Å²) >= 11 is 0. The van der Waals surface area contributed by atoms with Gasteiger partial charge >= 0.3 is 0 Å². The number of nitrogens with zero attached hydrogens (tertiary/aromatic N) is 2. The SMILES string of the molecule is CCCCCOc1ccc(-c2ccc(-c3ccc(C(=O)NC4CS(=O)(=O)CCNC(=O)[C@@H]5[C@H](C)[C@@H](C)CN5C(=O)[C@H]([C@@H](C)O)NC(=O)[C@H]([C@H](O)Cc5ccc(O)cc5)NC(=O)[C@@H]5C[C@@H](O)CN5C(=O)[C@H]([C@@H](C)O)NC4=O)cc3)cc2)cc1. The smallest absolute Gasteiger partial charge is 0.251 e. The Bertz CT molecular complexity index is 3020. The molecule has 7 rings (SSSR count). The highest BCUT2D eigenvalue weighted by Crippen LogP contribution is 2.31. The fourth-order valence-corrected chi connectivity index (χ4v) is 11.8. The van der Waals surface area contributed by atoms with Gasteiger partial charge in [0.25, 0.3) is 5.91 Å². The van der Waals surface area contributed by atoms with Gasteiger partial charge in [0, 0.05) is 38.0 Å². The number of rotatable bonds is 14. The molecule has 3 saturated heterocycles. The molecule has 10 N–H and O–H groups in total. The van der Waals surface area contributed by atoms with Crippen LogP contribution in [0, 0.1) is 11.8 Å². The van der Waals surface area contributed by atoms with Crippen LogP contribution in [0.25, 0.3) is 22.3 Å². The topological polar surface area (TPSA) is 331 Å². The predicted molar refractivity (Wildman–Crippen MR) is 302 cm³/mol. The molecule has 442 valence electrons. The first-order valence-corrected chi connectivity index (χ1v) is 29.5. The van der Waals surface area contributed by atoms with E-state index in [-0.39, 0.29) is 30.2 Å². The van der Waals surface area contributed by atoms with Crippen LogP contribution < -0.4 is 31.3 Å². The fourth-order valence-electron chi connectivity index (χ4n) is 10.5. The van der Waals surface area contributed by atoms with Crippen molar-refractivity contribution < 1.29 is 72.2 Å². The van der Waals surface area contributed by atoms with Crippen molar-refractivity contribution in [1.29, 1.82) is 0 Å². The number of hydrogen-bond acceptors (Lipinski definition) is 15. The summed E-state index contributed by atoms with van der Waals surface area (Å²) < 4.78 is 33.8. The monoisotopic (exact) mass is 1150 g/mol. The summed E-state index contributed by atoms with van der Waals surface area (Å²) in [5.74, 6) is -9.23. The van der Waals surface area contributed by atoms with Crippen molar-refractivity contribution in [2.45, 2.75) is 127 Å². The number of phenolic OH excluding ortho intramolecular Hbond substituents is 1. The van der Waals surface area contributed by atoms with Gasteiger partial charge in [-0.05, 0) is 96.3 Å². The molecular formula is C59H75N7O15S. The summed E-state index contributed by atoms with van der Waals surface area (Å²) in [6.45, 7) is 7.50. The van der Waals surface area contributed by atoms with Crippen LogP contribution in [-0.2, 0) is 45.0 Å². The van der Waals surface area contributed by atoms with Gasteiger partial charge in [-0.1, -0.05) is 94.3 Å². The van der Waals surface area contributed by atoms with E-state index in [2.05, 4.69) is 33.5 Å². The van der Waals surface area contributed by atoms with Gasteiger partial charge in [-0.15, -0.1) is 0 Å². The highest BCUT2D eigenvalue weighted by molar-refractivity contribution is 7.91. The first-order valence-electron chi connectivity index (χ1n) is 27.7. The molecular weight excluding hydrogens is 1080 g/mol. The molecule has 4 aromatic carbocycles. The molecule has 3 aliphatic rings. The minimum absolute atomic E-state index is 0.0214. The average Bonchev–Trinajstić information content (AvgIpc) is 4.20. The Kier molecular flexibility index (Phi) is 20.9. The number of benzene rings is 4. The Morgan fingerprint density at radius 3 is 1.80 bits per heavy atom. The standard InChI is InChI=1S/C59H75N7O15S/c1-6-7-8-26-81-45-23-19-41(20-24-45)39-13-11-38(12-14-39)40-15-17-42(18-16-40)53(72)61-46-32-82(79,80)27-25-60-57(76)52-34(3)33(2)30-66(52)59(78)50(36(5)68)63-56(75)51(48(71)28-37-9-21-43(69)22-10-37)64-55(74)47-29-44(70)31-65(47)58(77)49(35(4)67)62-54(46)73/h9-24,33-36,44,46-52,67-71H,6-8,25-32H2,1-5H3,(H,60,76)(H,61,72)(H,62,73)(H,63,75)(H,64,74)/t33-,34+,35+,36+,44+,46?,47-,48+,49-,50-,51-,52-/m0/s1. The zero-order chi connectivity index (χ0) is 59.6. The van der Waals surface area contributed by atoms with Gasteiger partial charge in [-0.3, -0.25) is 33.6 Å². The van der Waals surface area contributed by atoms with E-state index in [9.17, 15) is 67.5 Å². The second kappa shape index (κ2) is 27.6. The maximum atomic E-state index is 14.5. The number of carbonyl (C=O) groups is 7. The number of carbonyl (C=O) groups excluding carboxylic acids is 7.